The molecule has 0 amide bonds. The Hall–Kier alpha value is -2.43. The smallest absolute Gasteiger partial charge is 0.257 e. The Morgan fingerprint density at radius 2 is 2.00 bits per heavy atom. The van der Waals surface area contributed by atoms with Crippen LogP contribution in [-0.2, 0) is 19.4 Å². The first-order valence-corrected chi connectivity index (χ1v) is 8.73. The lowest BCUT2D eigenvalue weighted by Crippen LogP contribution is -2.39. The summed E-state index contributed by atoms with van der Waals surface area (Å²) < 4.78 is 1.84. The summed E-state index contributed by atoms with van der Waals surface area (Å²) in [6.07, 6.45) is 4.83. The number of anilines is 1. The summed E-state index contributed by atoms with van der Waals surface area (Å²) in [6, 6.07) is 9.87. The van der Waals surface area contributed by atoms with Crippen molar-refractivity contribution in [2.45, 2.75) is 45.6 Å². The van der Waals surface area contributed by atoms with Crippen LogP contribution in [0, 0.1) is 5.92 Å². The molecule has 1 aromatic carbocycles. The van der Waals surface area contributed by atoms with Gasteiger partial charge in [0, 0.05) is 12.1 Å². The zero-order valence-electron chi connectivity index (χ0n) is 14.0. The Bertz CT molecular complexity index is 838. The second kappa shape index (κ2) is 6.23. The molecule has 1 aliphatic carbocycles. The van der Waals surface area contributed by atoms with Crippen LogP contribution in [0.1, 0.15) is 43.3 Å². The topological polar surface area (TPSA) is 59.3 Å². The summed E-state index contributed by atoms with van der Waals surface area (Å²) >= 11 is 0. The molecule has 1 atom stereocenters. The van der Waals surface area contributed by atoms with Gasteiger partial charge in [-0.2, -0.15) is 5.10 Å². The van der Waals surface area contributed by atoms with E-state index in [1.807, 2.05) is 34.9 Å². The molecule has 1 aliphatic heterocycles. The van der Waals surface area contributed by atoms with Crippen molar-refractivity contribution >= 4 is 11.4 Å². The summed E-state index contributed by atoms with van der Waals surface area (Å²) in [5.41, 5.74) is 6.98. The van der Waals surface area contributed by atoms with Crippen molar-refractivity contribution in [1.82, 2.24) is 9.55 Å². The Morgan fingerprint density at radius 3 is 2.83 bits per heavy atom. The minimum absolute atomic E-state index is 0.147. The molecule has 2 heterocycles. The number of fused-ring (bicyclic) bond motifs is 2. The van der Waals surface area contributed by atoms with Crippen molar-refractivity contribution in [3.05, 3.63) is 57.8 Å². The van der Waals surface area contributed by atoms with Crippen LogP contribution < -0.4 is 11.0 Å². The highest BCUT2D eigenvalue weighted by molar-refractivity contribution is 5.98. The van der Waals surface area contributed by atoms with E-state index in [-0.39, 0.29) is 5.56 Å². The number of nitrogens with zero attached hydrogens (tertiary/aromatic N) is 3. The van der Waals surface area contributed by atoms with E-state index < -0.39 is 0 Å². The molecule has 0 saturated heterocycles. The third-order valence-electron chi connectivity index (χ3n) is 4.83. The monoisotopic (exact) mass is 322 g/mol. The van der Waals surface area contributed by atoms with E-state index in [9.17, 15) is 4.79 Å². The van der Waals surface area contributed by atoms with Crippen LogP contribution in [-0.4, -0.2) is 15.3 Å². The Kier molecular flexibility index (Phi) is 3.92. The van der Waals surface area contributed by atoms with Crippen molar-refractivity contribution in [2.24, 2.45) is 11.0 Å². The number of rotatable bonds is 2. The van der Waals surface area contributed by atoms with E-state index in [1.165, 1.54) is 0 Å². The first-order chi connectivity index (χ1) is 11.7. The van der Waals surface area contributed by atoms with Crippen molar-refractivity contribution in [2.75, 3.05) is 5.43 Å². The van der Waals surface area contributed by atoms with Crippen LogP contribution in [0.4, 0.5) is 5.69 Å². The first kappa shape index (κ1) is 15.1. The van der Waals surface area contributed by atoms with Gasteiger partial charge in [-0.15, -0.1) is 0 Å². The van der Waals surface area contributed by atoms with Gasteiger partial charge in [0.2, 0.25) is 0 Å². The molecule has 0 bridgehead atoms. The molecule has 0 spiro atoms. The van der Waals surface area contributed by atoms with E-state index in [4.69, 9.17) is 4.98 Å². The van der Waals surface area contributed by atoms with Crippen molar-refractivity contribution in [3.63, 3.8) is 0 Å². The van der Waals surface area contributed by atoms with E-state index in [0.717, 1.165) is 67.1 Å². The molecule has 0 radical (unpaired) electrons. The third kappa shape index (κ3) is 2.75. The van der Waals surface area contributed by atoms with Gasteiger partial charge in [0.25, 0.3) is 5.56 Å². The molecule has 1 unspecified atom stereocenters. The SMILES string of the molecule is CC1C/C(=N/Nc2ccccc2)c2nc3c(c(=O)n2C1)CCCC3. The van der Waals surface area contributed by atoms with Crippen LogP contribution in [0.5, 0.6) is 0 Å². The summed E-state index contributed by atoms with van der Waals surface area (Å²) in [7, 11) is 0. The summed E-state index contributed by atoms with van der Waals surface area (Å²) in [6.45, 7) is 2.89. The second-order valence-electron chi connectivity index (χ2n) is 6.83. The van der Waals surface area contributed by atoms with Gasteiger partial charge >= 0.3 is 0 Å². The lowest BCUT2D eigenvalue weighted by molar-refractivity contribution is 0.449. The van der Waals surface area contributed by atoms with Crippen molar-refractivity contribution in [1.29, 1.82) is 0 Å². The van der Waals surface area contributed by atoms with Crippen LogP contribution in [0.3, 0.4) is 0 Å². The predicted molar refractivity (Wildman–Crippen MR) is 95.5 cm³/mol. The number of aromatic nitrogens is 2. The molecule has 0 saturated carbocycles. The first-order valence-electron chi connectivity index (χ1n) is 8.73. The highest BCUT2D eigenvalue weighted by Crippen LogP contribution is 2.22. The summed E-state index contributed by atoms with van der Waals surface area (Å²) in [5.74, 6) is 1.14. The molecule has 1 aromatic heterocycles. The largest absolute Gasteiger partial charge is 0.291 e. The molecule has 124 valence electrons. The second-order valence-corrected chi connectivity index (χ2v) is 6.83. The van der Waals surface area contributed by atoms with Crippen LogP contribution >= 0.6 is 0 Å². The maximum absolute atomic E-state index is 12.9. The van der Waals surface area contributed by atoms with Gasteiger partial charge in [0.05, 0.1) is 11.4 Å². The fourth-order valence-electron chi connectivity index (χ4n) is 3.62. The van der Waals surface area contributed by atoms with Crippen molar-refractivity contribution < 1.29 is 0 Å². The van der Waals surface area contributed by atoms with Gasteiger partial charge < -0.3 is 0 Å². The number of nitrogens with one attached hydrogen (secondary N) is 1. The van der Waals surface area contributed by atoms with E-state index >= 15 is 0 Å². The standard InChI is InChI=1S/C19H22N4O/c1-13-11-17(22-21-14-7-3-2-4-8-14)18-20-16-10-6-5-9-15(16)19(24)23(18)12-13/h2-4,7-8,13,21H,5-6,9-12H2,1H3/b22-17-. The molecule has 0 fully saturated rings. The van der Waals surface area contributed by atoms with E-state index in [1.54, 1.807) is 0 Å². The lowest BCUT2D eigenvalue weighted by Gasteiger charge is -2.27. The predicted octanol–water partition coefficient (Wildman–Crippen LogP) is 2.98. The summed E-state index contributed by atoms with van der Waals surface area (Å²) in [5, 5.41) is 4.58. The molecule has 2 aliphatic rings. The molecule has 4 rings (SSSR count). The fraction of sp³-hybridized carbons (Fsp3) is 0.421. The minimum atomic E-state index is 0.147. The van der Waals surface area contributed by atoms with Crippen LogP contribution in [0.25, 0.3) is 0 Å². The molecular formula is C19H22N4O. The van der Waals surface area contributed by atoms with Gasteiger partial charge in [-0.05, 0) is 50.2 Å². The summed E-state index contributed by atoms with van der Waals surface area (Å²) in [4.78, 5) is 17.7. The third-order valence-corrected chi connectivity index (χ3v) is 4.83. The van der Waals surface area contributed by atoms with Gasteiger partial charge in [-0.1, -0.05) is 25.1 Å². The molecule has 5 nitrogen and oxygen atoms in total. The zero-order valence-corrected chi connectivity index (χ0v) is 14.0. The Balaban J connectivity index is 1.76. The lowest BCUT2D eigenvalue weighted by atomic mass is 9.94. The normalized spacial score (nSPS) is 21.2. The number of benzene rings is 1. The van der Waals surface area contributed by atoms with Crippen LogP contribution in [0.15, 0.2) is 40.2 Å². The number of hydrogen-bond donors (Lipinski definition) is 1. The maximum Gasteiger partial charge on any atom is 0.257 e. The van der Waals surface area contributed by atoms with Gasteiger partial charge in [-0.25, -0.2) is 4.98 Å². The van der Waals surface area contributed by atoms with Crippen molar-refractivity contribution in [3.8, 4) is 0 Å². The quantitative estimate of drug-likeness (QED) is 0.865. The van der Waals surface area contributed by atoms with E-state index in [2.05, 4.69) is 17.5 Å². The molecule has 2 aromatic rings. The van der Waals surface area contributed by atoms with E-state index in [0.29, 0.717) is 5.92 Å². The fourth-order valence-corrected chi connectivity index (χ4v) is 3.62. The molecule has 5 heteroatoms. The molecular weight excluding hydrogens is 300 g/mol. The van der Waals surface area contributed by atoms with Crippen LogP contribution in [0.2, 0.25) is 0 Å². The highest BCUT2D eigenvalue weighted by atomic mass is 16.1. The minimum Gasteiger partial charge on any atom is -0.291 e. The highest BCUT2D eigenvalue weighted by Gasteiger charge is 2.27. The average Bonchev–Trinajstić information content (AvgIpc) is 2.62. The number of aryl methyl sites for hydroxylation is 1. The number of para-hydroxylation sites is 1. The average molecular weight is 322 g/mol. The van der Waals surface area contributed by atoms with Gasteiger partial charge in [0.15, 0.2) is 5.82 Å². The van der Waals surface area contributed by atoms with Gasteiger partial charge in [0.1, 0.15) is 5.71 Å². The van der Waals surface area contributed by atoms with Gasteiger partial charge in [-0.3, -0.25) is 14.8 Å². The Labute approximate surface area is 141 Å². The number of hydrogen-bond acceptors (Lipinski definition) is 4. The molecule has 24 heavy (non-hydrogen) atoms. The molecule has 1 N–H and O–H groups in total. The Morgan fingerprint density at radius 1 is 1.21 bits per heavy atom. The maximum atomic E-state index is 12.9. The number of hydrazone groups is 1. The zero-order chi connectivity index (χ0) is 16.5.